The first-order valence-electron chi connectivity index (χ1n) is 4.80. The zero-order valence-corrected chi connectivity index (χ0v) is 8.34. The summed E-state index contributed by atoms with van der Waals surface area (Å²) in [4.78, 5) is 11.2. The molecule has 2 unspecified atom stereocenters. The van der Waals surface area contributed by atoms with Crippen molar-refractivity contribution in [2.75, 3.05) is 13.2 Å². The summed E-state index contributed by atoms with van der Waals surface area (Å²) in [7, 11) is 0. The summed E-state index contributed by atoms with van der Waals surface area (Å²) >= 11 is 0. The average Bonchev–Trinajstić information content (AvgIpc) is 2.17. The number of alkyl halides is 3. The van der Waals surface area contributed by atoms with Crippen LogP contribution in [-0.4, -0.2) is 31.5 Å². The number of esters is 1. The van der Waals surface area contributed by atoms with Crippen LogP contribution >= 0.6 is 0 Å². The lowest BCUT2D eigenvalue weighted by molar-refractivity contribution is -0.237. The minimum Gasteiger partial charge on any atom is -0.466 e. The van der Waals surface area contributed by atoms with Crippen LogP contribution in [0.5, 0.6) is 0 Å². The van der Waals surface area contributed by atoms with Gasteiger partial charge in [0.1, 0.15) is 0 Å². The topological polar surface area (TPSA) is 35.5 Å². The molecule has 0 bridgehead atoms. The molecule has 15 heavy (non-hydrogen) atoms. The summed E-state index contributed by atoms with van der Waals surface area (Å²) in [5, 5.41) is 0. The monoisotopic (exact) mass is 226 g/mol. The molecule has 1 aliphatic heterocycles. The number of ether oxygens (including phenoxy) is 2. The van der Waals surface area contributed by atoms with Gasteiger partial charge >= 0.3 is 12.1 Å². The lowest BCUT2D eigenvalue weighted by Gasteiger charge is -2.28. The summed E-state index contributed by atoms with van der Waals surface area (Å²) in [6.45, 7) is 1.68. The Hall–Kier alpha value is -0.780. The van der Waals surface area contributed by atoms with Crippen LogP contribution in [0.2, 0.25) is 0 Å². The van der Waals surface area contributed by atoms with Crippen LogP contribution in [0.3, 0.4) is 0 Å². The maximum absolute atomic E-state index is 12.2. The van der Waals surface area contributed by atoms with Gasteiger partial charge in [-0.05, 0) is 19.8 Å². The molecule has 0 spiro atoms. The number of carbonyl (C=O) groups excluding carboxylic acids is 1. The fourth-order valence-corrected chi connectivity index (χ4v) is 1.46. The molecule has 3 nitrogen and oxygen atoms in total. The van der Waals surface area contributed by atoms with Crippen molar-refractivity contribution >= 4 is 5.97 Å². The zero-order valence-electron chi connectivity index (χ0n) is 8.34. The Morgan fingerprint density at radius 1 is 1.47 bits per heavy atom. The van der Waals surface area contributed by atoms with Gasteiger partial charge in [-0.3, -0.25) is 4.79 Å². The van der Waals surface area contributed by atoms with Crippen LogP contribution < -0.4 is 0 Å². The molecule has 1 fully saturated rings. The summed E-state index contributed by atoms with van der Waals surface area (Å²) in [6.07, 6.45) is -6.07. The molecule has 0 amide bonds. The van der Waals surface area contributed by atoms with Crippen LogP contribution in [0.1, 0.15) is 19.8 Å². The molecule has 0 aromatic heterocycles. The first kappa shape index (κ1) is 12.3. The second-order valence-electron chi connectivity index (χ2n) is 3.39. The van der Waals surface area contributed by atoms with Crippen molar-refractivity contribution in [2.45, 2.75) is 32.0 Å². The van der Waals surface area contributed by atoms with Crippen LogP contribution in [-0.2, 0) is 14.3 Å². The van der Waals surface area contributed by atoms with Gasteiger partial charge < -0.3 is 9.47 Å². The van der Waals surface area contributed by atoms with Gasteiger partial charge in [0.15, 0.2) is 6.10 Å². The standard InChI is InChI=1S/C9H13F3O3/c1-2-14-8(13)6-3-4-7(15-5-6)9(10,11)12/h6-7H,2-5H2,1H3. The smallest absolute Gasteiger partial charge is 0.414 e. The number of rotatable bonds is 2. The number of hydrogen-bond donors (Lipinski definition) is 0. The minimum absolute atomic E-state index is 0.170. The van der Waals surface area contributed by atoms with E-state index in [1.807, 2.05) is 0 Å². The highest BCUT2D eigenvalue weighted by molar-refractivity contribution is 5.72. The Balaban J connectivity index is 2.39. The fraction of sp³-hybridized carbons (Fsp3) is 0.889. The third-order valence-corrected chi connectivity index (χ3v) is 2.26. The van der Waals surface area contributed by atoms with E-state index in [2.05, 4.69) is 4.74 Å². The molecule has 1 aliphatic rings. The summed E-state index contributed by atoms with van der Waals surface area (Å²) in [6, 6.07) is 0. The predicted molar refractivity (Wildman–Crippen MR) is 45.2 cm³/mol. The maximum Gasteiger partial charge on any atom is 0.414 e. The van der Waals surface area contributed by atoms with Crippen LogP contribution in [0.15, 0.2) is 0 Å². The molecule has 2 atom stereocenters. The minimum atomic E-state index is -4.33. The van der Waals surface area contributed by atoms with Gasteiger partial charge in [0.05, 0.1) is 19.1 Å². The molecule has 88 valence electrons. The van der Waals surface area contributed by atoms with E-state index < -0.39 is 24.2 Å². The van der Waals surface area contributed by atoms with Crippen molar-refractivity contribution in [1.29, 1.82) is 0 Å². The molecule has 1 heterocycles. The Labute approximate surface area is 85.5 Å². The van der Waals surface area contributed by atoms with Crippen molar-refractivity contribution in [2.24, 2.45) is 5.92 Å². The molecular formula is C9H13F3O3. The highest BCUT2D eigenvalue weighted by Crippen LogP contribution is 2.31. The number of hydrogen-bond acceptors (Lipinski definition) is 3. The molecule has 0 aliphatic carbocycles. The molecule has 0 aromatic rings. The van der Waals surface area contributed by atoms with E-state index in [0.29, 0.717) is 0 Å². The van der Waals surface area contributed by atoms with Crippen LogP contribution in [0.4, 0.5) is 13.2 Å². The lowest BCUT2D eigenvalue weighted by atomic mass is 9.98. The van der Waals surface area contributed by atoms with E-state index in [1.54, 1.807) is 6.92 Å². The van der Waals surface area contributed by atoms with Crippen molar-refractivity contribution in [3.63, 3.8) is 0 Å². The third-order valence-electron chi connectivity index (χ3n) is 2.26. The highest BCUT2D eigenvalue weighted by atomic mass is 19.4. The van der Waals surface area contributed by atoms with E-state index in [-0.39, 0.29) is 26.1 Å². The van der Waals surface area contributed by atoms with Crippen LogP contribution in [0.25, 0.3) is 0 Å². The first-order chi connectivity index (χ1) is 6.95. The fourth-order valence-electron chi connectivity index (χ4n) is 1.46. The molecule has 6 heteroatoms. The van der Waals surface area contributed by atoms with Gasteiger partial charge in [0.25, 0.3) is 0 Å². The number of carbonyl (C=O) groups is 1. The largest absolute Gasteiger partial charge is 0.466 e. The molecule has 0 N–H and O–H groups in total. The number of halogens is 3. The molecule has 0 radical (unpaired) electrons. The summed E-state index contributed by atoms with van der Waals surface area (Å²) in [5.41, 5.74) is 0. The first-order valence-corrected chi connectivity index (χ1v) is 4.80. The van der Waals surface area contributed by atoms with Crippen LogP contribution in [0, 0.1) is 5.92 Å². The van der Waals surface area contributed by atoms with Gasteiger partial charge in [-0.15, -0.1) is 0 Å². The molecular weight excluding hydrogens is 213 g/mol. The predicted octanol–water partition coefficient (Wildman–Crippen LogP) is 1.91. The van der Waals surface area contributed by atoms with E-state index in [0.717, 1.165) is 0 Å². The Morgan fingerprint density at radius 3 is 2.53 bits per heavy atom. The molecule has 1 rings (SSSR count). The van der Waals surface area contributed by atoms with E-state index in [9.17, 15) is 18.0 Å². The quantitative estimate of drug-likeness (QED) is 0.675. The Kier molecular flexibility index (Phi) is 3.96. The van der Waals surface area contributed by atoms with Gasteiger partial charge in [-0.1, -0.05) is 0 Å². The molecule has 0 saturated carbocycles. The van der Waals surface area contributed by atoms with Crippen molar-refractivity contribution in [3.05, 3.63) is 0 Å². The van der Waals surface area contributed by atoms with Crippen molar-refractivity contribution in [1.82, 2.24) is 0 Å². The van der Waals surface area contributed by atoms with Gasteiger partial charge in [-0.25, -0.2) is 0 Å². The SMILES string of the molecule is CCOC(=O)C1CCC(C(F)(F)F)OC1. The maximum atomic E-state index is 12.2. The van der Waals surface area contributed by atoms with E-state index in [1.165, 1.54) is 0 Å². The Morgan fingerprint density at radius 2 is 2.13 bits per heavy atom. The van der Waals surface area contributed by atoms with Gasteiger partial charge in [-0.2, -0.15) is 13.2 Å². The van der Waals surface area contributed by atoms with E-state index >= 15 is 0 Å². The van der Waals surface area contributed by atoms with E-state index in [4.69, 9.17) is 4.74 Å². The van der Waals surface area contributed by atoms with Crippen molar-refractivity contribution < 1.29 is 27.4 Å². The van der Waals surface area contributed by atoms with Crippen molar-refractivity contribution in [3.8, 4) is 0 Å². The summed E-state index contributed by atoms with van der Waals surface area (Å²) in [5.74, 6) is -1.03. The molecule has 1 saturated heterocycles. The van der Waals surface area contributed by atoms with Gasteiger partial charge in [0, 0.05) is 0 Å². The normalized spacial score (nSPS) is 27.5. The third kappa shape index (κ3) is 3.37. The molecule has 0 aromatic carbocycles. The summed E-state index contributed by atoms with van der Waals surface area (Å²) < 4.78 is 45.8. The lowest BCUT2D eigenvalue weighted by Crippen LogP contribution is -2.39. The Bertz CT molecular complexity index is 219. The second kappa shape index (κ2) is 4.83. The van der Waals surface area contributed by atoms with Gasteiger partial charge in [0.2, 0.25) is 0 Å². The zero-order chi connectivity index (χ0) is 11.5. The average molecular weight is 226 g/mol. The second-order valence-corrected chi connectivity index (χ2v) is 3.39. The highest BCUT2D eigenvalue weighted by Gasteiger charge is 2.44.